The molecule has 0 saturated carbocycles. The number of imidazole rings is 1. The van der Waals surface area contributed by atoms with Crippen LogP contribution in [0.3, 0.4) is 0 Å². The lowest BCUT2D eigenvalue weighted by Gasteiger charge is -2.08. The minimum atomic E-state index is -4.09. The Morgan fingerprint density at radius 1 is 1.41 bits per heavy atom. The number of rotatable bonds is 3. The zero-order valence-corrected chi connectivity index (χ0v) is 9.33. The summed E-state index contributed by atoms with van der Waals surface area (Å²) < 4.78 is 39.2. The maximum absolute atomic E-state index is 13.4. The first-order valence-electron chi connectivity index (χ1n) is 4.57. The third-order valence-electron chi connectivity index (χ3n) is 2.00. The molecule has 0 aliphatic rings. The van der Waals surface area contributed by atoms with Crippen LogP contribution in [0.5, 0.6) is 0 Å². The zero-order valence-electron chi connectivity index (χ0n) is 8.51. The molecule has 0 saturated heterocycles. The number of H-pyrrole nitrogens is 1. The smallest absolute Gasteiger partial charge is 0.269 e. The number of anilines is 2. The Bertz CT molecular complexity index is 604. The van der Waals surface area contributed by atoms with E-state index in [4.69, 9.17) is 5.73 Å². The van der Waals surface area contributed by atoms with Crippen molar-refractivity contribution in [3.63, 3.8) is 0 Å². The molecule has 0 bridgehead atoms. The molecule has 6 nitrogen and oxygen atoms in total. The third-order valence-corrected chi connectivity index (χ3v) is 3.43. The van der Waals surface area contributed by atoms with Crippen molar-refractivity contribution in [1.82, 2.24) is 9.97 Å². The van der Waals surface area contributed by atoms with Crippen LogP contribution in [0.2, 0.25) is 0 Å². The van der Waals surface area contributed by atoms with Gasteiger partial charge in [-0.3, -0.25) is 0 Å². The van der Waals surface area contributed by atoms with Gasteiger partial charge in [0, 0.05) is 12.4 Å². The topological polar surface area (TPSA) is 101 Å². The molecule has 0 atom stereocenters. The molecule has 0 aliphatic heterocycles. The number of nitrogens with zero attached hydrogens (tertiary/aromatic N) is 1. The van der Waals surface area contributed by atoms with Crippen LogP contribution in [0.1, 0.15) is 0 Å². The molecule has 1 aromatic heterocycles. The first-order valence-corrected chi connectivity index (χ1v) is 6.05. The molecule has 0 amide bonds. The van der Waals surface area contributed by atoms with E-state index >= 15 is 0 Å². The second-order valence-electron chi connectivity index (χ2n) is 3.20. The first-order chi connectivity index (χ1) is 8.00. The lowest BCUT2D eigenvalue weighted by Crippen LogP contribution is -2.17. The van der Waals surface area contributed by atoms with Crippen LogP contribution >= 0.6 is 0 Å². The van der Waals surface area contributed by atoms with Gasteiger partial charge in [0.05, 0.1) is 5.69 Å². The van der Waals surface area contributed by atoms with E-state index in [1.54, 1.807) is 0 Å². The predicted octanol–water partition coefficient (Wildman–Crippen LogP) is 0.932. The summed E-state index contributed by atoms with van der Waals surface area (Å²) in [5.74, 6) is -0.920. The van der Waals surface area contributed by atoms with Crippen LogP contribution in [-0.2, 0) is 10.0 Å². The molecule has 0 spiro atoms. The van der Waals surface area contributed by atoms with Gasteiger partial charge < -0.3 is 10.7 Å². The lowest BCUT2D eigenvalue weighted by molar-refractivity contribution is 0.571. The van der Waals surface area contributed by atoms with Crippen LogP contribution in [-0.4, -0.2) is 18.4 Å². The standard InChI is InChI=1S/C9H9FN4O2S/c10-6-2-1-3-7(11)8(6)17(15,16)14-9-12-4-5-13-9/h1-5H,11H2,(H2,12,13,14). The summed E-state index contributed by atoms with van der Waals surface area (Å²) in [6.45, 7) is 0. The summed E-state index contributed by atoms with van der Waals surface area (Å²) in [6, 6.07) is 3.66. The molecular weight excluding hydrogens is 247 g/mol. The molecule has 17 heavy (non-hydrogen) atoms. The lowest BCUT2D eigenvalue weighted by atomic mass is 10.3. The fourth-order valence-corrected chi connectivity index (χ4v) is 2.48. The van der Waals surface area contributed by atoms with Gasteiger partial charge in [0.1, 0.15) is 10.7 Å². The summed E-state index contributed by atoms with van der Waals surface area (Å²) in [5.41, 5.74) is 5.28. The summed E-state index contributed by atoms with van der Waals surface area (Å²) in [6.07, 6.45) is 2.80. The molecule has 8 heteroatoms. The number of nitrogen functional groups attached to an aromatic ring is 1. The highest BCUT2D eigenvalue weighted by atomic mass is 32.2. The van der Waals surface area contributed by atoms with Crippen LogP contribution in [0.15, 0.2) is 35.5 Å². The molecule has 1 heterocycles. The van der Waals surface area contributed by atoms with E-state index in [0.29, 0.717) is 0 Å². The summed E-state index contributed by atoms with van der Waals surface area (Å²) in [7, 11) is -4.09. The van der Waals surface area contributed by atoms with E-state index < -0.39 is 20.7 Å². The average Bonchev–Trinajstić information content (AvgIpc) is 2.68. The Morgan fingerprint density at radius 2 is 2.18 bits per heavy atom. The minimum absolute atomic E-state index is 0.00680. The quantitative estimate of drug-likeness (QED) is 0.711. The maximum atomic E-state index is 13.4. The van der Waals surface area contributed by atoms with Crippen molar-refractivity contribution < 1.29 is 12.8 Å². The number of nitrogens with one attached hydrogen (secondary N) is 2. The summed E-state index contributed by atoms with van der Waals surface area (Å²) >= 11 is 0. The number of nitrogens with two attached hydrogens (primary N) is 1. The van der Waals surface area contributed by atoms with Gasteiger partial charge >= 0.3 is 0 Å². The third kappa shape index (κ3) is 2.21. The zero-order chi connectivity index (χ0) is 12.5. The van der Waals surface area contributed by atoms with Crippen LogP contribution < -0.4 is 10.5 Å². The Hall–Kier alpha value is -2.09. The number of aromatic nitrogens is 2. The van der Waals surface area contributed by atoms with Crippen molar-refractivity contribution in [3.8, 4) is 0 Å². The summed E-state index contributed by atoms with van der Waals surface area (Å²) in [5, 5.41) is 0. The molecule has 4 N–H and O–H groups in total. The minimum Gasteiger partial charge on any atom is -0.398 e. The number of hydrogen-bond acceptors (Lipinski definition) is 4. The number of halogens is 1. The van der Waals surface area contributed by atoms with Gasteiger partial charge in [-0.15, -0.1) is 0 Å². The van der Waals surface area contributed by atoms with Crippen LogP contribution in [0.25, 0.3) is 0 Å². The Kier molecular flexibility index (Phi) is 2.72. The summed E-state index contributed by atoms with van der Waals surface area (Å²) in [4.78, 5) is 5.63. The van der Waals surface area contributed by atoms with Gasteiger partial charge in [0.2, 0.25) is 5.95 Å². The Labute approximate surface area is 96.7 Å². The highest BCUT2D eigenvalue weighted by molar-refractivity contribution is 7.92. The van der Waals surface area contributed by atoms with Crippen molar-refractivity contribution in [2.24, 2.45) is 0 Å². The van der Waals surface area contributed by atoms with E-state index in [9.17, 15) is 12.8 Å². The van der Waals surface area contributed by atoms with E-state index in [2.05, 4.69) is 14.7 Å². The first kappa shape index (κ1) is 11.4. The van der Waals surface area contributed by atoms with Crippen molar-refractivity contribution in [3.05, 3.63) is 36.4 Å². The van der Waals surface area contributed by atoms with E-state index in [1.165, 1.54) is 24.5 Å². The van der Waals surface area contributed by atoms with Crippen molar-refractivity contribution >= 4 is 21.7 Å². The second kappa shape index (κ2) is 4.06. The monoisotopic (exact) mass is 256 g/mol. The van der Waals surface area contributed by atoms with Gasteiger partial charge in [-0.05, 0) is 12.1 Å². The van der Waals surface area contributed by atoms with E-state index in [1.807, 2.05) is 0 Å². The fraction of sp³-hybridized carbons (Fsp3) is 0. The van der Waals surface area contributed by atoms with Crippen molar-refractivity contribution in [2.75, 3.05) is 10.5 Å². The second-order valence-corrected chi connectivity index (χ2v) is 4.82. The van der Waals surface area contributed by atoms with Gasteiger partial charge in [-0.1, -0.05) is 6.07 Å². The van der Waals surface area contributed by atoms with Crippen LogP contribution in [0.4, 0.5) is 16.0 Å². The number of benzene rings is 1. The van der Waals surface area contributed by atoms with E-state index in [0.717, 1.165) is 6.07 Å². The highest BCUT2D eigenvalue weighted by Crippen LogP contribution is 2.23. The van der Waals surface area contributed by atoms with Crippen molar-refractivity contribution in [1.29, 1.82) is 0 Å². The largest absolute Gasteiger partial charge is 0.398 e. The molecule has 0 unspecified atom stereocenters. The molecule has 2 rings (SSSR count). The molecular formula is C9H9FN4O2S. The highest BCUT2D eigenvalue weighted by Gasteiger charge is 2.22. The van der Waals surface area contributed by atoms with Gasteiger partial charge in [0.25, 0.3) is 10.0 Å². The molecule has 1 aromatic carbocycles. The number of hydrogen-bond donors (Lipinski definition) is 3. The van der Waals surface area contributed by atoms with Crippen molar-refractivity contribution in [2.45, 2.75) is 4.90 Å². The molecule has 0 aliphatic carbocycles. The molecule has 2 aromatic rings. The Morgan fingerprint density at radius 3 is 2.76 bits per heavy atom. The van der Waals surface area contributed by atoms with Crippen LogP contribution in [0, 0.1) is 5.82 Å². The van der Waals surface area contributed by atoms with E-state index in [-0.39, 0.29) is 11.6 Å². The normalized spacial score (nSPS) is 11.4. The molecule has 90 valence electrons. The average molecular weight is 256 g/mol. The number of aromatic amines is 1. The number of sulfonamides is 1. The maximum Gasteiger partial charge on any atom is 0.269 e. The SMILES string of the molecule is Nc1cccc(F)c1S(=O)(=O)Nc1ncc[nH]1. The van der Waals surface area contributed by atoms with Gasteiger partial charge in [-0.25, -0.2) is 22.5 Å². The van der Waals surface area contributed by atoms with Gasteiger partial charge in [0.15, 0.2) is 0 Å². The Balaban J connectivity index is 2.45. The molecule has 0 radical (unpaired) electrons. The fourth-order valence-electron chi connectivity index (χ4n) is 1.31. The van der Waals surface area contributed by atoms with Gasteiger partial charge in [-0.2, -0.15) is 0 Å². The predicted molar refractivity (Wildman–Crippen MR) is 60.2 cm³/mol. The molecule has 0 fully saturated rings.